The van der Waals surface area contributed by atoms with Crippen LogP contribution in [0.2, 0.25) is 0 Å². The Morgan fingerprint density at radius 3 is 2.89 bits per heavy atom. The van der Waals surface area contributed by atoms with Gasteiger partial charge >= 0.3 is 0 Å². The largest absolute Gasteiger partial charge is 0.504 e. The fourth-order valence-electron chi connectivity index (χ4n) is 1.66. The predicted molar refractivity (Wildman–Crippen MR) is 65.7 cm³/mol. The lowest BCUT2D eigenvalue weighted by Crippen LogP contribution is -1.85. The van der Waals surface area contributed by atoms with Crippen LogP contribution in [0.3, 0.4) is 0 Å². The van der Waals surface area contributed by atoms with Crippen molar-refractivity contribution in [3.05, 3.63) is 36.6 Å². The van der Waals surface area contributed by atoms with Crippen LogP contribution in [0.4, 0.5) is 0 Å². The van der Waals surface area contributed by atoms with Gasteiger partial charge in [0.2, 0.25) is 5.82 Å². The second-order valence-corrected chi connectivity index (χ2v) is 3.79. The van der Waals surface area contributed by atoms with Crippen molar-refractivity contribution >= 4 is 0 Å². The van der Waals surface area contributed by atoms with E-state index in [9.17, 15) is 5.11 Å². The fourth-order valence-corrected chi connectivity index (χ4v) is 1.66. The zero-order chi connectivity index (χ0) is 13.2. The number of methoxy groups -OCH3 is 1. The van der Waals surface area contributed by atoms with Gasteiger partial charge in [0, 0.05) is 5.56 Å². The van der Waals surface area contributed by atoms with Crippen molar-refractivity contribution in [3.63, 3.8) is 0 Å². The van der Waals surface area contributed by atoms with Gasteiger partial charge in [-0.3, -0.25) is 0 Å². The van der Waals surface area contributed by atoms with E-state index in [1.807, 2.05) is 0 Å². The molecular weight excluding hydrogens is 248 g/mol. The molecule has 3 aromatic rings. The van der Waals surface area contributed by atoms with E-state index in [-0.39, 0.29) is 5.75 Å². The van der Waals surface area contributed by atoms with E-state index in [0.717, 1.165) is 0 Å². The number of furan rings is 1. The summed E-state index contributed by atoms with van der Waals surface area (Å²) in [5.74, 6) is 1.62. The SMILES string of the molecule is COc1cc(-c2nc(-c3ccco3)no2)ccc1O. The van der Waals surface area contributed by atoms with E-state index < -0.39 is 0 Å². The lowest BCUT2D eigenvalue weighted by molar-refractivity contribution is 0.373. The quantitative estimate of drug-likeness (QED) is 0.777. The summed E-state index contributed by atoms with van der Waals surface area (Å²) < 4.78 is 15.4. The summed E-state index contributed by atoms with van der Waals surface area (Å²) in [5.41, 5.74) is 0.653. The molecule has 2 aromatic heterocycles. The molecule has 6 nitrogen and oxygen atoms in total. The third kappa shape index (κ3) is 2.03. The summed E-state index contributed by atoms with van der Waals surface area (Å²) in [6, 6.07) is 8.28. The molecule has 0 fully saturated rings. The molecule has 1 aromatic carbocycles. The predicted octanol–water partition coefficient (Wildman–Crippen LogP) is 2.71. The lowest BCUT2D eigenvalue weighted by atomic mass is 10.2. The highest BCUT2D eigenvalue weighted by Gasteiger charge is 2.14. The number of phenols is 1. The van der Waals surface area contributed by atoms with Crippen molar-refractivity contribution in [1.29, 1.82) is 0 Å². The summed E-state index contributed by atoms with van der Waals surface area (Å²) >= 11 is 0. The van der Waals surface area contributed by atoms with Crippen LogP contribution in [0.5, 0.6) is 11.5 Å². The van der Waals surface area contributed by atoms with E-state index in [1.165, 1.54) is 19.4 Å². The Labute approximate surface area is 108 Å². The smallest absolute Gasteiger partial charge is 0.258 e. The average Bonchev–Trinajstić information content (AvgIpc) is 3.10. The molecule has 0 atom stereocenters. The molecule has 0 aliphatic carbocycles. The highest BCUT2D eigenvalue weighted by Crippen LogP contribution is 2.31. The van der Waals surface area contributed by atoms with Crippen molar-refractivity contribution in [2.24, 2.45) is 0 Å². The van der Waals surface area contributed by atoms with E-state index in [2.05, 4.69) is 10.1 Å². The van der Waals surface area contributed by atoms with Crippen molar-refractivity contribution in [2.75, 3.05) is 7.11 Å². The molecule has 0 spiro atoms. The molecule has 2 heterocycles. The van der Waals surface area contributed by atoms with Crippen LogP contribution in [-0.2, 0) is 0 Å². The number of benzene rings is 1. The number of hydrogen-bond acceptors (Lipinski definition) is 6. The van der Waals surface area contributed by atoms with Gasteiger partial charge in [-0.05, 0) is 30.3 Å². The topological polar surface area (TPSA) is 81.5 Å². The maximum absolute atomic E-state index is 9.53. The van der Waals surface area contributed by atoms with Gasteiger partial charge in [-0.1, -0.05) is 5.16 Å². The van der Waals surface area contributed by atoms with Crippen LogP contribution in [0, 0.1) is 0 Å². The number of ether oxygens (including phenoxy) is 1. The molecule has 0 saturated carbocycles. The molecule has 0 bridgehead atoms. The van der Waals surface area contributed by atoms with Crippen LogP contribution >= 0.6 is 0 Å². The zero-order valence-corrected chi connectivity index (χ0v) is 10.0. The Morgan fingerprint density at radius 2 is 2.16 bits per heavy atom. The first kappa shape index (κ1) is 11.3. The van der Waals surface area contributed by atoms with Crippen LogP contribution in [-0.4, -0.2) is 22.4 Å². The van der Waals surface area contributed by atoms with Crippen molar-refractivity contribution in [1.82, 2.24) is 10.1 Å². The Kier molecular flexibility index (Phi) is 2.68. The minimum absolute atomic E-state index is 0.0528. The molecule has 6 heteroatoms. The number of rotatable bonds is 3. The summed E-state index contributed by atoms with van der Waals surface area (Å²) in [6.45, 7) is 0. The molecule has 0 aliphatic heterocycles. The summed E-state index contributed by atoms with van der Waals surface area (Å²) in [7, 11) is 1.47. The molecule has 0 saturated heterocycles. The molecule has 0 aliphatic rings. The second kappa shape index (κ2) is 4.49. The standard InChI is InChI=1S/C13H10N2O4/c1-17-11-7-8(4-5-9(11)16)13-14-12(15-19-13)10-3-2-6-18-10/h2-7,16H,1H3. The molecule has 19 heavy (non-hydrogen) atoms. The van der Waals surface area contributed by atoms with Gasteiger partial charge in [0.15, 0.2) is 17.3 Å². The molecule has 1 N–H and O–H groups in total. The van der Waals surface area contributed by atoms with Gasteiger partial charge < -0.3 is 18.8 Å². The van der Waals surface area contributed by atoms with Crippen LogP contribution < -0.4 is 4.74 Å². The van der Waals surface area contributed by atoms with Crippen LogP contribution in [0.1, 0.15) is 0 Å². The summed E-state index contributed by atoms with van der Waals surface area (Å²) in [5, 5.41) is 13.4. The fraction of sp³-hybridized carbons (Fsp3) is 0.0769. The summed E-state index contributed by atoms with van der Waals surface area (Å²) in [6.07, 6.45) is 1.54. The Hall–Kier alpha value is -2.76. The maximum Gasteiger partial charge on any atom is 0.258 e. The first-order valence-corrected chi connectivity index (χ1v) is 5.53. The normalized spacial score (nSPS) is 10.6. The van der Waals surface area contributed by atoms with E-state index >= 15 is 0 Å². The van der Waals surface area contributed by atoms with Crippen molar-refractivity contribution in [3.8, 4) is 34.5 Å². The Bertz CT molecular complexity index is 688. The van der Waals surface area contributed by atoms with Crippen molar-refractivity contribution < 1.29 is 18.8 Å². The first-order valence-electron chi connectivity index (χ1n) is 5.53. The van der Waals surface area contributed by atoms with E-state index in [4.69, 9.17) is 13.7 Å². The number of hydrogen-bond donors (Lipinski definition) is 1. The highest BCUT2D eigenvalue weighted by molar-refractivity contribution is 5.61. The van der Waals surface area contributed by atoms with Crippen molar-refractivity contribution in [2.45, 2.75) is 0 Å². The molecule has 0 amide bonds. The van der Waals surface area contributed by atoms with Crippen LogP contribution in [0.25, 0.3) is 23.0 Å². The number of phenolic OH excluding ortho intramolecular Hbond substituents is 1. The molecule has 0 radical (unpaired) electrons. The molecule has 3 rings (SSSR count). The van der Waals surface area contributed by atoms with Gasteiger partial charge in [-0.15, -0.1) is 0 Å². The third-order valence-corrected chi connectivity index (χ3v) is 2.59. The average molecular weight is 258 g/mol. The van der Waals surface area contributed by atoms with Gasteiger partial charge in [0.05, 0.1) is 13.4 Å². The van der Waals surface area contributed by atoms with Gasteiger partial charge in [-0.25, -0.2) is 0 Å². The third-order valence-electron chi connectivity index (χ3n) is 2.59. The second-order valence-electron chi connectivity index (χ2n) is 3.79. The van der Waals surface area contributed by atoms with Gasteiger partial charge in [0.25, 0.3) is 5.89 Å². The van der Waals surface area contributed by atoms with Gasteiger partial charge in [0.1, 0.15) is 0 Å². The minimum Gasteiger partial charge on any atom is -0.504 e. The van der Waals surface area contributed by atoms with E-state index in [1.54, 1.807) is 24.3 Å². The molecule has 0 unspecified atom stereocenters. The van der Waals surface area contributed by atoms with E-state index in [0.29, 0.717) is 28.8 Å². The molecular formula is C13H10N2O4. The Balaban J connectivity index is 1.99. The number of nitrogens with zero attached hydrogens (tertiary/aromatic N) is 2. The summed E-state index contributed by atoms with van der Waals surface area (Å²) in [4.78, 5) is 4.22. The Morgan fingerprint density at radius 1 is 1.26 bits per heavy atom. The van der Waals surface area contributed by atoms with Crippen LogP contribution in [0.15, 0.2) is 45.5 Å². The van der Waals surface area contributed by atoms with Gasteiger partial charge in [-0.2, -0.15) is 4.98 Å². The first-order chi connectivity index (χ1) is 9.28. The maximum atomic E-state index is 9.53. The number of aromatic nitrogens is 2. The monoisotopic (exact) mass is 258 g/mol. The highest BCUT2D eigenvalue weighted by atomic mass is 16.5. The lowest BCUT2D eigenvalue weighted by Gasteiger charge is -2.03. The molecule has 96 valence electrons. The minimum atomic E-state index is 0.0528. The zero-order valence-electron chi connectivity index (χ0n) is 10.0. The number of aromatic hydroxyl groups is 1.